The zero-order valence-electron chi connectivity index (χ0n) is 8.88. The summed E-state index contributed by atoms with van der Waals surface area (Å²) in [6.45, 7) is 3.80. The number of hydrogen-bond acceptors (Lipinski definition) is 3. The molecule has 4 heteroatoms. The average molecular weight is 207 g/mol. The molecular formula is C11H17N3O. The summed E-state index contributed by atoms with van der Waals surface area (Å²) in [5.41, 5.74) is 3.97. The molecule has 2 N–H and O–H groups in total. The fourth-order valence-electron chi connectivity index (χ4n) is 2.54. The van der Waals surface area contributed by atoms with Crippen molar-refractivity contribution in [1.29, 1.82) is 0 Å². The first kappa shape index (κ1) is 9.36. The van der Waals surface area contributed by atoms with Crippen molar-refractivity contribution in [3.05, 3.63) is 17.0 Å². The van der Waals surface area contributed by atoms with E-state index in [1.807, 2.05) is 0 Å². The van der Waals surface area contributed by atoms with Gasteiger partial charge in [-0.25, -0.2) is 0 Å². The summed E-state index contributed by atoms with van der Waals surface area (Å²) in [7, 11) is 0. The number of hydrogen-bond donors (Lipinski definition) is 2. The standard InChI is InChI=1S/C11H17N3O/c1-2-8(7-15-5-1)11-9-6-12-4-3-10(9)13-14-11/h8,12H,1-7H2,(H,13,14). The SMILES string of the molecule is C1COCC(c2n[nH]c3c2CNCC3)C1. The fraction of sp³-hybridized carbons (Fsp3) is 0.727. The van der Waals surface area contributed by atoms with Gasteiger partial charge in [0.15, 0.2) is 0 Å². The minimum Gasteiger partial charge on any atom is -0.381 e. The molecule has 82 valence electrons. The van der Waals surface area contributed by atoms with Crippen molar-refractivity contribution in [3.63, 3.8) is 0 Å². The van der Waals surface area contributed by atoms with E-state index in [4.69, 9.17) is 4.74 Å². The first-order valence-electron chi connectivity index (χ1n) is 5.79. The molecule has 0 saturated carbocycles. The van der Waals surface area contributed by atoms with Gasteiger partial charge in [0.2, 0.25) is 0 Å². The number of rotatable bonds is 1. The summed E-state index contributed by atoms with van der Waals surface area (Å²) in [6, 6.07) is 0. The molecule has 0 bridgehead atoms. The Balaban J connectivity index is 1.87. The monoisotopic (exact) mass is 207 g/mol. The van der Waals surface area contributed by atoms with E-state index >= 15 is 0 Å². The average Bonchev–Trinajstić information content (AvgIpc) is 2.74. The fourth-order valence-corrected chi connectivity index (χ4v) is 2.54. The van der Waals surface area contributed by atoms with Crippen molar-refractivity contribution in [2.24, 2.45) is 0 Å². The van der Waals surface area contributed by atoms with E-state index in [1.54, 1.807) is 0 Å². The zero-order chi connectivity index (χ0) is 10.1. The van der Waals surface area contributed by atoms with E-state index in [0.717, 1.165) is 32.7 Å². The number of fused-ring (bicyclic) bond motifs is 1. The molecule has 1 aromatic rings. The minimum atomic E-state index is 0.513. The summed E-state index contributed by atoms with van der Waals surface area (Å²) in [6.07, 6.45) is 3.47. The second kappa shape index (κ2) is 3.94. The lowest BCUT2D eigenvalue weighted by Crippen LogP contribution is -2.25. The van der Waals surface area contributed by atoms with E-state index in [2.05, 4.69) is 15.5 Å². The van der Waals surface area contributed by atoms with Gasteiger partial charge in [0, 0.05) is 43.3 Å². The Morgan fingerprint density at radius 2 is 2.40 bits per heavy atom. The minimum absolute atomic E-state index is 0.513. The van der Waals surface area contributed by atoms with Crippen LogP contribution in [-0.4, -0.2) is 30.0 Å². The molecule has 1 unspecified atom stereocenters. The van der Waals surface area contributed by atoms with Crippen LogP contribution in [0.25, 0.3) is 0 Å². The van der Waals surface area contributed by atoms with Crippen molar-refractivity contribution in [2.75, 3.05) is 19.8 Å². The smallest absolute Gasteiger partial charge is 0.0723 e. The number of nitrogens with one attached hydrogen (secondary N) is 2. The van der Waals surface area contributed by atoms with Crippen LogP contribution in [0, 0.1) is 0 Å². The number of ether oxygens (including phenoxy) is 1. The number of H-pyrrole nitrogens is 1. The molecule has 0 aromatic carbocycles. The number of aromatic nitrogens is 2. The van der Waals surface area contributed by atoms with Gasteiger partial charge < -0.3 is 10.1 Å². The predicted molar refractivity (Wildman–Crippen MR) is 56.8 cm³/mol. The maximum atomic E-state index is 5.52. The van der Waals surface area contributed by atoms with Gasteiger partial charge >= 0.3 is 0 Å². The highest BCUT2D eigenvalue weighted by Crippen LogP contribution is 2.28. The van der Waals surface area contributed by atoms with Crippen LogP contribution in [0.4, 0.5) is 0 Å². The molecule has 2 aliphatic rings. The third-order valence-corrected chi connectivity index (χ3v) is 3.39. The van der Waals surface area contributed by atoms with Crippen molar-refractivity contribution >= 4 is 0 Å². The Morgan fingerprint density at radius 3 is 3.27 bits per heavy atom. The second-order valence-corrected chi connectivity index (χ2v) is 4.41. The number of aromatic amines is 1. The molecule has 1 fully saturated rings. The van der Waals surface area contributed by atoms with Crippen molar-refractivity contribution < 1.29 is 4.74 Å². The van der Waals surface area contributed by atoms with E-state index in [0.29, 0.717) is 5.92 Å². The van der Waals surface area contributed by atoms with Gasteiger partial charge in [0.25, 0.3) is 0 Å². The molecule has 1 atom stereocenters. The summed E-state index contributed by atoms with van der Waals surface area (Å²) in [4.78, 5) is 0. The van der Waals surface area contributed by atoms with Crippen LogP contribution in [0.3, 0.4) is 0 Å². The van der Waals surface area contributed by atoms with Crippen LogP contribution < -0.4 is 5.32 Å². The molecule has 3 heterocycles. The number of nitrogens with zero attached hydrogens (tertiary/aromatic N) is 1. The van der Waals surface area contributed by atoms with Crippen LogP contribution in [0.2, 0.25) is 0 Å². The summed E-state index contributed by atoms with van der Waals surface area (Å²) in [5, 5.41) is 11.1. The Hall–Kier alpha value is -0.870. The lowest BCUT2D eigenvalue weighted by Gasteiger charge is -2.22. The Labute approximate surface area is 89.4 Å². The van der Waals surface area contributed by atoms with Gasteiger partial charge in [0.05, 0.1) is 12.3 Å². The van der Waals surface area contributed by atoms with E-state index in [9.17, 15) is 0 Å². The lowest BCUT2D eigenvalue weighted by molar-refractivity contribution is 0.0790. The van der Waals surface area contributed by atoms with Crippen LogP contribution in [0.5, 0.6) is 0 Å². The molecule has 1 aromatic heterocycles. The topological polar surface area (TPSA) is 49.9 Å². The molecule has 0 amide bonds. The molecule has 0 aliphatic carbocycles. The third-order valence-electron chi connectivity index (χ3n) is 3.39. The quantitative estimate of drug-likeness (QED) is 0.721. The molecule has 15 heavy (non-hydrogen) atoms. The highest BCUT2D eigenvalue weighted by Gasteiger charge is 2.24. The van der Waals surface area contributed by atoms with Crippen LogP contribution in [-0.2, 0) is 17.7 Å². The molecular weight excluding hydrogens is 190 g/mol. The van der Waals surface area contributed by atoms with E-state index in [-0.39, 0.29) is 0 Å². The summed E-state index contributed by atoms with van der Waals surface area (Å²) >= 11 is 0. The van der Waals surface area contributed by atoms with Gasteiger partial charge in [-0.3, -0.25) is 5.10 Å². The molecule has 0 radical (unpaired) electrons. The first-order chi connectivity index (χ1) is 7.45. The molecule has 0 spiro atoms. The van der Waals surface area contributed by atoms with Crippen LogP contribution in [0.15, 0.2) is 0 Å². The third kappa shape index (κ3) is 1.68. The Bertz CT molecular complexity index is 342. The highest BCUT2D eigenvalue weighted by molar-refractivity contribution is 5.30. The second-order valence-electron chi connectivity index (χ2n) is 4.41. The van der Waals surface area contributed by atoms with Gasteiger partial charge in [-0.15, -0.1) is 0 Å². The Morgan fingerprint density at radius 1 is 1.40 bits per heavy atom. The summed E-state index contributed by atoms with van der Waals surface area (Å²) < 4.78 is 5.52. The normalized spacial score (nSPS) is 26.3. The van der Waals surface area contributed by atoms with Gasteiger partial charge in [-0.05, 0) is 12.8 Å². The van der Waals surface area contributed by atoms with Gasteiger partial charge in [-0.1, -0.05) is 0 Å². The molecule has 2 aliphatic heterocycles. The maximum Gasteiger partial charge on any atom is 0.0723 e. The predicted octanol–water partition coefficient (Wildman–Crippen LogP) is 0.949. The van der Waals surface area contributed by atoms with E-state index in [1.165, 1.54) is 29.8 Å². The largest absolute Gasteiger partial charge is 0.381 e. The van der Waals surface area contributed by atoms with Crippen molar-refractivity contribution in [2.45, 2.75) is 31.7 Å². The maximum absolute atomic E-state index is 5.52. The van der Waals surface area contributed by atoms with E-state index < -0.39 is 0 Å². The van der Waals surface area contributed by atoms with Gasteiger partial charge in [-0.2, -0.15) is 5.10 Å². The summed E-state index contributed by atoms with van der Waals surface area (Å²) in [5.74, 6) is 0.513. The molecule has 1 saturated heterocycles. The highest BCUT2D eigenvalue weighted by atomic mass is 16.5. The molecule has 4 nitrogen and oxygen atoms in total. The van der Waals surface area contributed by atoms with Crippen LogP contribution >= 0.6 is 0 Å². The zero-order valence-corrected chi connectivity index (χ0v) is 8.88. The van der Waals surface area contributed by atoms with Gasteiger partial charge in [0.1, 0.15) is 0 Å². The van der Waals surface area contributed by atoms with Crippen molar-refractivity contribution in [3.8, 4) is 0 Å². The molecule has 3 rings (SSSR count). The van der Waals surface area contributed by atoms with Crippen molar-refractivity contribution in [1.82, 2.24) is 15.5 Å². The van der Waals surface area contributed by atoms with Crippen LogP contribution in [0.1, 0.15) is 35.7 Å². The Kier molecular flexibility index (Phi) is 2.46. The first-order valence-corrected chi connectivity index (χ1v) is 5.79. The lowest BCUT2D eigenvalue weighted by atomic mass is 9.93.